The molecule has 4 saturated carbocycles. The molecule has 0 atom stereocenters. The monoisotopic (exact) mass is 386 g/mol. The van der Waals surface area contributed by atoms with Crippen molar-refractivity contribution in [3.8, 4) is 11.5 Å². The van der Waals surface area contributed by atoms with Crippen molar-refractivity contribution in [1.29, 1.82) is 0 Å². The van der Waals surface area contributed by atoms with E-state index in [2.05, 4.69) is 10.9 Å². The van der Waals surface area contributed by atoms with Crippen LogP contribution in [0.5, 0.6) is 11.5 Å². The van der Waals surface area contributed by atoms with Crippen LogP contribution in [-0.2, 0) is 9.59 Å². The number of hydrazine groups is 1. The molecular weight excluding hydrogens is 356 g/mol. The first kappa shape index (κ1) is 19.1. The summed E-state index contributed by atoms with van der Waals surface area (Å²) >= 11 is 0. The molecule has 1 aromatic carbocycles. The Morgan fingerprint density at radius 3 is 2.04 bits per heavy atom. The van der Waals surface area contributed by atoms with Crippen LogP contribution in [0.15, 0.2) is 24.3 Å². The molecule has 4 bridgehead atoms. The minimum absolute atomic E-state index is 0.0635. The van der Waals surface area contributed by atoms with Gasteiger partial charge in [-0.05, 0) is 86.0 Å². The molecule has 0 unspecified atom stereocenters. The number of benzene rings is 1. The van der Waals surface area contributed by atoms with E-state index in [-0.39, 0.29) is 30.3 Å². The highest BCUT2D eigenvalue weighted by Gasteiger charge is 2.51. The van der Waals surface area contributed by atoms with Gasteiger partial charge in [-0.1, -0.05) is 0 Å². The Hall–Kier alpha value is -2.24. The van der Waals surface area contributed by atoms with E-state index in [1.807, 2.05) is 0 Å². The highest BCUT2D eigenvalue weighted by molar-refractivity contribution is 5.82. The first-order valence-corrected chi connectivity index (χ1v) is 10.4. The lowest BCUT2D eigenvalue weighted by atomic mass is 9.49. The van der Waals surface area contributed by atoms with E-state index in [0.717, 1.165) is 23.5 Å². The number of carbonyl (C=O) groups is 2. The first-order valence-electron chi connectivity index (χ1n) is 10.4. The van der Waals surface area contributed by atoms with Gasteiger partial charge >= 0.3 is 0 Å². The van der Waals surface area contributed by atoms with Crippen LogP contribution in [0.4, 0.5) is 0 Å². The van der Waals surface area contributed by atoms with Crippen molar-refractivity contribution < 1.29 is 19.1 Å². The number of carbonyl (C=O) groups excluding carboxylic acids is 2. The topological polar surface area (TPSA) is 76.7 Å². The molecule has 28 heavy (non-hydrogen) atoms. The maximum absolute atomic E-state index is 12.4. The Morgan fingerprint density at radius 1 is 0.929 bits per heavy atom. The zero-order valence-electron chi connectivity index (χ0n) is 16.5. The van der Waals surface area contributed by atoms with E-state index in [9.17, 15) is 9.59 Å². The van der Waals surface area contributed by atoms with Crippen molar-refractivity contribution in [1.82, 2.24) is 10.9 Å². The van der Waals surface area contributed by atoms with Gasteiger partial charge in [-0.15, -0.1) is 0 Å². The maximum atomic E-state index is 12.4. The van der Waals surface area contributed by atoms with Gasteiger partial charge in [0.15, 0.2) is 0 Å². The van der Waals surface area contributed by atoms with Crippen molar-refractivity contribution in [2.24, 2.45) is 23.2 Å². The predicted octanol–water partition coefficient (Wildman–Crippen LogP) is 3.22. The van der Waals surface area contributed by atoms with E-state index >= 15 is 0 Å². The number of rotatable bonds is 7. The Morgan fingerprint density at radius 2 is 1.46 bits per heavy atom. The second-order valence-corrected chi connectivity index (χ2v) is 8.96. The smallest absolute Gasteiger partial charge is 0.241 e. The van der Waals surface area contributed by atoms with Crippen LogP contribution < -0.4 is 20.3 Å². The summed E-state index contributed by atoms with van der Waals surface area (Å²) in [5.74, 6) is 3.60. The van der Waals surface area contributed by atoms with E-state index in [4.69, 9.17) is 9.47 Å². The Kier molecular flexibility index (Phi) is 5.47. The molecule has 5 rings (SSSR count). The van der Waals surface area contributed by atoms with Crippen molar-refractivity contribution in [3.63, 3.8) is 0 Å². The molecule has 0 heterocycles. The Bertz CT molecular complexity index is 680. The third-order valence-corrected chi connectivity index (χ3v) is 6.70. The lowest BCUT2D eigenvalue weighted by molar-refractivity contribution is -0.134. The summed E-state index contributed by atoms with van der Waals surface area (Å²) in [6.07, 6.45) is 8.40. The van der Waals surface area contributed by atoms with Gasteiger partial charge in [-0.3, -0.25) is 20.4 Å². The van der Waals surface area contributed by atoms with Gasteiger partial charge < -0.3 is 9.47 Å². The summed E-state index contributed by atoms with van der Waals surface area (Å²) < 4.78 is 10.6. The highest BCUT2D eigenvalue weighted by atomic mass is 16.5. The molecule has 4 aliphatic carbocycles. The maximum Gasteiger partial charge on any atom is 0.241 e. The van der Waals surface area contributed by atoms with Gasteiger partial charge in [-0.25, -0.2) is 0 Å². The summed E-state index contributed by atoms with van der Waals surface area (Å²) in [4.78, 5) is 24.4. The summed E-state index contributed by atoms with van der Waals surface area (Å²) in [7, 11) is 1.61. The normalized spacial score (nSPS) is 30.0. The Balaban J connectivity index is 1.16. The summed E-state index contributed by atoms with van der Waals surface area (Å²) in [6.45, 7) is 0.253. The zero-order chi connectivity index (χ0) is 19.6. The van der Waals surface area contributed by atoms with Crippen molar-refractivity contribution in [3.05, 3.63) is 24.3 Å². The van der Waals surface area contributed by atoms with Crippen molar-refractivity contribution in [2.75, 3.05) is 13.7 Å². The largest absolute Gasteiger partial charge is 0.497 e. The number of nitrogens with one attached hydrogen (secondary N) is 2. The SMILES string of the molecule is COc1ccc(OCCC(=O)NNC(=O)CC23CC4CC(CC(C4)C2)C3)cc1. The van der Waals surface area contributed by atoms with Gasteiger partial charge in [0, 0.05) is 6.42 Å². The molecule has 6 heteroatoms. The third kappa shape index (κ3) is 4.42. The van der Waals surface area contributed by atoms with Crippen LogP contribution in [0.2, 0.25) is 0 Å². The van der Waals surface area contributed by atoms with Gasteiger partial charge in [0.05, 0.1) is 20.1 Å². The van der Waals surface area contributed by atoms with Crippen LogP contribution in [0.3, 0.4) is 0 Å². The van der Waals surface area contributed by atoms with Crippen LogP contribution in [0, 0.1) is 23.2 Å². The number of hydrogen-bond acceptors (Lipinski definition) is 4. The van der Waals surface area contributed by atoms with Crippen molar-refractivity contribution in [2.45, 2.75) is 51.4 Å². The molecule has 4 fully saturated rings. The average molecular weight is 386 g/mol. The van der Waals surface area contributed by atoms with E-state index < -0.39 is 0 Å². The lowest BCUT2D eigenvalue weighted by Gasteiger charge is -2.56. The van der Waals surface area contributed by atoms with E-state index in [1.54, 1.807) is 31.4 Å². The highest BCUT2D eigenvalue weighted by Crippen LogP contribution is 2.61. The van der Waals surface area contributed by atoms with Gasteiger partial charge in [0.2, 0.25) is 11.8 Å². The Labute approximate surface area is 166 Å². The molecule has 4 aliphatic rings. The molecule has 6 nitrogen and oxygen atoms in total. The molecule has 0 saturated heterocycles. The van der Waals surface area contributed by atoms with E-state index in [1.165, 1.54) is 38.5 Å². The fourth-order valence-corrected chi connectivity index (χ4v) is 6.03. The van der Waals surface area contributed by atoms with Gasteiger partial charge in [0.1, 0.15) is 11.5 Å². The fourth-order valence-electron chi connectivity index (χ4n) is 6.03. The van der Waals surface area contributed by atoms with Gasteiger partial charge in [-0.2, -0.15) is 0 Å². The minimum Gasteiger partial charge on any atom is -0.497 e. The van der Waals surface area contributed by atoms with Gasteiger partial charge in [0.25, 0.3) is 0 Å². The zero-order valence-corrected chi connectivity index (χ0v) is 16.5. The average Bonchev–Trinajstić information content (AvgIpc) is 2.65. The van der Waals surface area contributed by atoms with E-state index in [0.29, 0.717) is 12.2 Å². The molecular formula is C22H30N2O4. The second-order valence-electron chi connectivity index (χ2n) is 8.96. The molecule has 0 radical (unpaired) electrons. The predicted molar refractivity (Wildman–Crippen MR) is 105 cm³/mol. The number of amides is 2. The van der Waals surface area contributed by atoms with Crippen LogP contribution in [0.25, 0.3) is 0 Å². The lowest BCUT2D eigenvalue weighted by Crippen LogP contribution is -2.50. The standard InChI is InChI=1S/C22H30N2O4/c1-27-18-2-4-19(5-3-18)28-7-6-20(25)23-24-21(26)14-22-11-15-8-16(12-22)10-17(9-15)13-22/h2-5,15-17H,6-14H2,1H3,(H,23,25)(H,24,26). The molecule has 152 valence electrons. The molecule has 2 amide bonds. The molecule has 0 spiro atoms. The van der Waals surface area contributed by atoms with Crippen LogP contribution >= 0.6 is 0 Å². The van der Waals surface area contributed by atoms with Crippen LogP contribution in [0.1, 0.15) is 51.4 Å². The molecule has 1 aromatic rings. The number of hydrogen-bond donors (Lipinski definition) is 2. The number of methoxy groups -OCH3 is 1. The molecule has 2 N–H and O–H groups in total. The third-order valence-electron chi connectivity index (χ3n) is 6.70. The quantitative estimate of drug-likeness (QED) is 0.706. The summed E-state index contributed by atoms with van der Waals surface area (Å²) in [6, 6.07) is 7.20. The summed E-state index contributed by atoms with van der Waals surface area (Å²) in [5.41, 5.74) is 5.32. The molecule has 0 aromatic heterocycles. The van der Waals surface area contributed by atoms with Crippen LogP contribution in [-0.4, -0.2) is 25.5 Å². The van der Waals surface area contributed by atoms with Crippen molar-refractivity contribution >= 4 is 11.8 Å². The molecule has 0 aliphatic heterocycles. The summed E-state index contributed by atoms with van der Waals surface area (Å²) in [5, 5.41) is 0. The first-order chi connectivity index (χ1) is 13.5. The minimum atomic E-state index is -0.243. The number of ether oxygens (including phenoxy) is 2. The fraction of sp³-hybridized carbons (Fsp3) is 0.636. The second kappa shape index (κ2) is 8.02.